The van der Waals surface area contributed by atoms with Gasteiger partial charge in [-0.3, -0.25) is 4.79 Å². The number of fused-ring (bicyclic) bond motifs is 1. The summed E-state index contributed by atoms with van der Waals surface area (Å²) in [6.45, 7) is 3.00. The van der Waals surface area contributed by atoms with Crippen molar-refractivity contribution in [3.05, 3.63) is 58.4 Å². The van der Waals surface area contributed by atoms with Crippen LogP contribution in [0.15, 0.2) is 30.3 Å². The van der Waals surface area contributed by atoms with Crippen molar-refractivity contribution in [2.75, 3.05) is 0 Å². The molecule has 0 saturated heterocycles. The fourth-order valence-electron chi connectivity index (χ4n) is 3.42. The molecule has 8 heteroatoms. The van der Waals surface area contributed by atoms with Crippen molar-refractivity contribution in [2.24, 2.45) is 0 Å². The Kier molecular flexibility index (Phi) is 4.94. The van der Waals surface area contributed by atoms with Gasteiger partial charge in [0, 0.05) is 13.0 Å². The molecule has 0 radical (unpaired) electrons. The van der Waals surface area contributed by atoms with E-state index in [0.717, 1.165) is 43.1 Å². The second-order valence-corrected chi connectivity index (χ2v) is 7.03. The number of hydrogen-bond donors (Lipinski definition) is 1. The maximum atomic E-state index is 12.8. The lowest BCUT2D eigenvalue weighted by Gasteiger charge is -2.08. The first-order chi connectivity index (χ1) is 13.1. The summed E-state index contributed by atoms with van der Waals surface area (Å²) in [5, 5.41) is 16.2. The normalized spacial score (nSPS) is 13.9. The van der Waals surface area contributed by atoms with Gasteiger partial charge in [0.2, 0.25) is 0 Å². The molecule has 1 aliphatic heterocycles. The number of rotatable bonds is 4. The number of para-hydroxylation sites is 1. The Morgan fingerprint density at radius 1 is 1.19 bits per heavy atom. The molecule has 0 bridgehead atoms. The lowest BCUT2D eigenvalue weighted by Crippen LogP contribution is -2.25. The summed E-state index contributed by atoms with van der Waals surface area (Å²) in [5.41, 5.74) is 1.78. The molecule has 140 valence electrons. The molecule has 1 aromatic carbocycles. The highest BCUT2D eigenvalue weighted by molar-refractivity contribution is 6.33. The van der Waals surface area contributed by atoms with Gasteiger partial charge in [0.05, 0.1) is 23.5 Å². The molecule has 7 nitrogen and oxygen atoms in total. The van der Waals surface area contributed by atoms with Crippen molar-refractivity contribution in [3.8, 4) is 5.69 Å². The summed E-state index contributed by atoms with van der Waals surface area (Å²) in [6, 6.07) is 9.51. The Labute approximate surface area is 162 Å². The number of aromatic nitrogens is 5. The van der Waals surface area contributed by atoms with Gasteiger partial charge in [-0.05, 0) is 31.9 Å². The number of aryl methyl sites for hydroxylation is 2. The van der Waals surface area contributed by atoms with Crippen LogP contribution >= 0.6 is 11.6 Å². The van der Waals surface area contributed by atoms with Crippen LogP contribution in [0.5, 0.6) is 0 Å². The highest BCUT2D eigenvalue weighted by Crippen LogP contribution is 2.23. The Hall–Kier alpha value is -2.67. The van der Waals surface area contributed by atoms with Gasteiger partial charge in [0.25, 0.3) is 5.91 Å². The number of amides is 1. The molecule has 0 fully saturated rings. The molecule has 1 aliphatic rings. The first kappa shape index (κ1) is 17.7. The molecule has 0 aliphatic carbocycles. The zero-order valence-corrected chi connectivity index (χ0v) is 15.9. The Morgan fingerprint density at radius 3 is 2.81 bits per heavy atom. The molecule has 1 amide bonds. The zero-order valence-electron chi connectivity index (χ0n) is 15.2. The summed E-state index contributed by atoms with van der Waals surface area (Å²) >= 11 is 6.46. The molecular formula is C19H21ClN6O. The fourth-order valence-corrected chi connectivity index (χ4v) is 3.78. The van der Waals surface area contributed by atoms with Gasteiger partial charge in [-0.15, -0.1) is 10.2 Å². The Morgan fingerprint density at radius 2 is 2.00 bits per heavy atom. The molecule has 2 aromatic heterocycles. The van der Waals surface area contributed by atoms with Crippen molar-refractivity contribution in [1.29, 1.82) is 0 Å². The number of nitrogens with zero attached hydrogens (tertiary/aromatic N) is 5. The van der Waals surface area contributed by atoms with Gasteiger partial charge in [0.1, 0.15) is 11.0 Å². The minimum Gasteiger partial charge on any atom is -0.345 e. The van der Waals surface area contributed by atoms with Crippen LogP contribution in [-0.4, -0.2) is 30.5 Å². The summed E-state index contributed by atoms with van der Waals surface area (Å²) in [4.78, 5) is 12.8. The maximum Gasteiger partial charge on any atom is 0.256 e. The van der Waals surface area contributed by atoms with Gasteiger partial charge in [-0.2, -0.15) is 5.10 Å². The van der Waals surface area contributed by atoms with Crippen LogP contribution in [0.25, 0.3) is 5.69 Å². The second-order valence-electron chi connectivity index (χ2n) is 6.68. The molecule has 0 saturated carbocycles. The highest BCUT2D eigenvalue weighted by Gasteiger charge is 2.22. The summed E-state index contributed by atoms with van der Waals surface area (Å²) < 4.78 is 3.70. The number of benzene rings is 1. The molecule has 4 rings (SSSR count). The quantitative estimate of drug-likeness (QED) is 0.749. The van der Waals surface area contributed by atoms with Gasteiger partial charge in [0.15, 0.2) is 5.82 Å². The summed E-state index contributed by atoms with van der Waals surface area (Å²) in [7, 11) is 0. The third-order valence-corrected chi connectivity index (χ3v) is 5.17. The van der Waals surface area contributed by atoms with E-state index in [2.05, 4.69) is 25.2 Å². The Bertz CT molecular complexity index is 962. The topological polar surface area (TPSA) is 77.6 Å². The average Bonchev–Trinajstić information content (AvgIpc) is 3.10. The van der Waals surface area contributed by atoms with Gasteiger partial charge in [-0.25, -0.2) is 4.68 Å². The summed E-state index contributed by atoms with van der Waals surface area (Å²) in [5.74, 6) is 1.53. The van der Waals surface area contributed by atoms with E-state index in [1.807, 2.05) is 30.3 Å². The lowest BCUT2D eigenvalue weighted by molar-refractivity contribution is 0.0949. The van der Waals surface area contributed by atoms with E-state index in [4.69, 9.17) is 11.6 Å². The number of hydrogen-bond acceptors (Lipinski definition) is 4. The number of carbonyl (C=O) groups is 1. The predicted molar refractivity (Wildman–Crippen MR) is 102 cm³/mol. The van der Waals surface area contributed by atoms with Crippen molar-refractivity contribution < 1.29 is 4.79 Å². The molecule has 3 aromatic rings. The first-order valence-corrected chi connectivity index (χ1v) is 9.52. The highest BCUT2D eigenvalue weighted by atomic mass is 35.5. The van der Waals surface area contributed by atoms with Crippen LogP contribution in [-0.2, 0) is 19.5 Å². The number of nitrogens with one attached hydrogen (secondary N) is 1. The van der Waals surface area contributed by atoms with Crippen molar-refractivity contribution in [1.82, 2.24) is 29.9 Å². The molecule has 0 spiro atoms. The molecule has 1 N–H and O–H groups in total. The van der Waals surface area contributed by atoms with E-state index in [1.54, 1.807) is 11.6 Å². The van der Waals surface area contributed by atoms with Crippen molar-refractivity contribution in [2.45, 2.75) is 45.7 Å². The smallest absolute Gasteiger partial charge is 0.256 e. The minimum atomic E-state index is -0.259. The molecule has 0 atom stereocenters. The van der Waals surface area contributed by atoms with Gasteiger partial charge < -0.3 is 9.88 Å². The largest absolute Gasteiger partial charge is 0.345 e. The van der Waals surface area contributed by atoms with Crippen LogP contribution < -0.4 is 5.32 Å². The van der Waals surface area contributed by atoms with E-state index in [9.17, 15) is 4.79 Å². The van der Waals surface area contributed by atoms with Crippen LogP contribution in [0.3, 0.4) is 0 Å². The standard InChI is InChI=1S/C19H21ClN6O/c1-13-17(18(20)26(24-13)14-8-4-2-5-9-14)19(27)21-12-16-23-22-15-10-6-3-7-11-25(15)16/h2,4-5,8-9H,3,6-7,10-12H2,1H3,(H,21,27). The number of halogens is 1. The van der Waals surface area contributed by atoms with Crippen LogP contribution in [0.2, 0.25) is 5.15 Å². The van der Waals surface area contributed by atoms with E-state index in [1.165, 1.54) is 6.42 Å². The van der Waals surface area contributed by atoms with E-state index >= 15 is 0 Å². The molecule has 27 heavy (non-hydrogen) atoms. The Balaban J connectivity index is 1.53. The van der Waals surface area contributed by atoms with Gasteiger partial charge >= 0.3 is 0 Å². The number of carbonyl (C=O) groups excluding carboxylic acids is 1. The molecule has 0 unspecified atom stereocenters. The average molecular weight is 385 g/mol. The molecular weight excluding hydrogens is 364 g/mol. The zero-order chi connectivity index (χ0) is 18.8. The lowest BCUT2D eigenvalue weighted by atomic mass is 10.2. The van der Waals surface area contributed by atoms with Crippen molar-refractivity contribution >= 4 is 17.5 Å². The van der Waals surface area contributed by atoms with E-state index in [-0.39, 0.29) is 5.91 Å². The SMILES string of the molecule is Cc1nn(-c2ccccc2)c(Cl)c1C(=O)NCc1nnc2n1CCCCC2. The fraction of sp³-hybridized carbons (Fsp3) is 0.368. The van der Waals surface area contributed by atoms with Crippen LogP contribution in [0.4, 0.5) is 0 Å². The minimum absolute atomic E-state index is 0.259. The maximum absolute atomic E-state index is 12.8. The second kappa shape index (κ2) is 7.52. The first-order valence-electron chi connectivity index (χ1n) is 9.15. The monoisotopic (exact) mass is 384 g/mol. The van der Waals surface area contributed by atoms with E-state index in [0.29, 0.717) is 23.0 Å². The third-order valence-electron chi connectivity index (χ3n) is 4.83. The van der Waals surface area contributed by atoms with Crippen molar-refractivity contribution in [3.63, 3.8) is 0 Å². The predicted octanol–water partition coefficient (Wildman–Crippen LogP) is 3.08. The van der Waals surface area contributed by atoms with Gasteiger partial charge in [-0.1, -0.05) is 36.2 Å². The van der Waals surface area contributed by atoms with Crippen LogP contribution in [0.1, 0.15) is 47.0 Å². The molecule has 3 heterocycles. The van der Waals surface area contributed by atoms with Crippen LogP contribution in [0, 0.1) is 6.92 Å². The van der Waals surface area contributed by atoms with E-state index < -0.39 is 0 Å². The summed E-state index contributed by atoms with van der Waals surface area (Å²) in [6.07, 6.45) is 4.39. The third kappa shape index (κ3) is 3.47.